The van der Waals surface area contributed by atoms with Crippen molar-refractivity contribution in [3.63, 3.8) is 0 Å². The monoisotopic (exact) mass is 664 g/mol. The van der Waals surface area contributed by atoms with Crippen molar-refractivity contribution < 1.29 is 4.74 Å². The summed E-state index contributed by atoms with van der Waals surface area (Å²) in [6.07, 6.45) is 0. The van der Waals surface area contributed by atoms with Gasteiger partial charge in [-0.05, 0) is 69.8 Å². The first-order valence-electron chi connectivity index (χ1n) is 17.2. The zero-order valence-corrected chi connectivity index (χ0v) is 27.9. The van der Waals surface area contributed by atoms with Gasteiger partial charge in [0.2, 0.25) is 0 Å². The topological polar surface area (TPSA) is 71.7 Å². The van der Waals surface area contributed by atoms with Crippen LogP contribution in [0.2, 0.25) is 0 Å². The van der Waals surface area contributed by atoms with E-state index in [0.717, 1.165) is 56.1 Å². The number of para-hydroxylation sites is 2. The summed E-state index contributed by atoms with van der Waals surface area (Å²) in [5.74, 6) is 2.23. The van der Waals surface area contributed by atoms with Crippen molar-refractivity contribution in [3.05, 3.63) is 198 Å². The second-order valence-corrected chi connectivity index (χ2v) is 13.1. The Hall–Kier alpha value is -7.16. The molecule has 5 heteroatoms. The summed E-state index contributed by atoms with van der Waals surface area (Å²) in [4.78, 5) is 5.30. The van der Waals surface area contributed by atoms with E-state index in [1.54, 1.807) is 0 Å². The van der Waals surface area contributed by atoms with Gasteiger partial charge >= 0.3 is 0 Å². The highest BCUT2D eigenvalue weighted by Gasteiger charge is 2.51. The lowest BCUT2D eigenvalue weighted by Crippen LogP contribution is -2.32. The molecule has 0 N–H and O–H groups in total. The second-order valence-electron chi connectivity index (χ2n) is 13.1. The van der Waals surface area contributed by atoms with Gasteiger partial charge < -0.3 is 4.74 Å². The predicted octanol–water partition coefficient (Wildman–Crippen LogP) is 10.9. The van der Waals surface area contributed by atoms with Crippen molar-refractivity contribution in [1.82, 2.24) is 15.2 Å². The average Bonchev–Trinajstić information content (AvgIpc) is 3.51. The van der Waals surface area contributed by atoms with Crippen LogP contribution >= 0.6 is 0 Å². The summed E-state index contributed by atoms with van der Waals surface area (Å²) < 4.78 is 6.56. The largest absolute Gasteiger partial charge is 0.457 e. The average molecular weight is 665 g/mol. The highest BCUT2D eigenvalue weighted by Crippen LogP contribution is 2.62. The molecule has 5 nitrogen and oxygen atoms in total. The fourth-order valence-corrected chi connectivity index (χ4v) is 8.05. The van der Waals surface area contributed by atoms with Crippen LogP contribution in [0.25, 0.3) is 56.2 Å². The second kappa shape index (κ2) is 11.7. The van der Waals surface area contributed by atoms with Crippen LogP contribution in [0.4, 0.5) is 0 Å². The minimum absolute atomic E-state index is 0.522. The summed E-state index contributed by atoms with van der Waals surface area (Å²) in [5, 5.41) is 19.1. The van der Waals surface area contributed by atoms with Crippen LogP contribution < -0.4 is 4.74 Å². The Bertz CT molecular complexity index is 2700. The fraction of sp³-hybridized carbons (Fsp3) is 0.0213. The molecular formula is C47H28N4O. The Kier molecular flexibility index (Phi) is 6.70. The number of hydrogen-bond acceptors (Lipinski definition) is 5. The van der Waals surface area contributed by atoms with Crippen LogP contribution in [0.3, 0.4) is 0 Å². The van der Waals surface area contributed by atoms with Gasteiger partial charge in [0.25, 0.3) is 0 Å². The van der Waals surface area contributed by atoms with Gasteiger partial charge in [0.1, 0.15) is 22.9 Å². The van der Waals surface area contributed by atoms with Gasteiger partial charge in [0, 0.05) is 27.8 Å². The number of rotatable bonds is 4. The highest BCUT2D eigenvalue weighted by atomic mass is 16.5. The van der Waals surface area contributed by atoms with Crippen molar-refractivity contribution >= 4 is 0 Å². The Morgan fingerprint density at radius 1 is 0.442 bits per heavy atom. The minimum Gasteiger partial charge on any atom is -0.457 e. The smallest absolute Gasteiger partial charge is 0.182 e. The number of nitrogens with zero attached hydrogens (tertiary/aromatic N) is 4. The zero-order valence-electron chi connectivity index (χ0n) is 27.9. The lowest BCUT2D eigenvalue weighted by atomic mass is 9.66. The molecule has 0 unspecified atom stereocenters. The number of ether oxygens (including phenoxy) is 1. The molecule has 0 saturated carbocycles. The molecule has 0 saturated heterocycles. The quantitative estimate of drug-likeness (QED) is 0.187. The van der Waals surface area contributed by atoms with Gasteiger partial charge in [-0.1, -0.05) is 133 Å². The van der Waals surface area contributed by atoms with E-state index in [1.165, 1.54) is 22.3 Å². The van der Waals surface area contributed by atoms with E-state index >= 15 is 0 Å². The Morgan fingerprint density at radius 2 is 1.06 bits per heavy atom. The Labute approximate surface area is 301 Å². The summed E-state index contributed by atoms with van der Waals surface area (Å²) >= 11 is 0. The number of benzene rings is 7. The molecule has 0 amide bonds. The molecule has 8 aromatic rings. The molecule has 0 fully saturated rings. The van der Waals surface area contributed by atoms with Gasteiger partial charge in [-0.25, -0.2) is 4.98 Å². The normalized spacial score (nSPS) is 12.9. The molecule has 1 aliphatic carbocycles. The van der Waals surface area contributed by atoms with Gasteiger partial charge in [-0.2, -0.15) is 5.26 Å². The molecule has 10 rings (SSSR count). The number of aromatic nitrogens is 3. The van der Waals surface area contributed by atoms with E-state index in [-0.39, 0.29) is 0 Å². The van der Waals surface area contributed by atoms with E-state index in [1.807, 2.05) is 84.9 Å². The van der Waals surface area contributed by atoms with E-state index in [2.05, 4.69) is 91.0 Å². The molecule has 2 heterocycles. The molecule has 0 atom stereocenters. The number of fused-ring (bicyclic) bond motifs is 9. The van der Waals surface area contributed by atoms with Crippen LogP contribution in [0.15, 0.2) is 170 Å². The van der Waals surface area contributed by atoms with Gasteiger partial charge in [0.05, 0.1) is 17.0 Å². The first-order chi connectivity index (χ1) is 25.7. The highest BCUT2D eigenvalue weighted by molar-refractivity contribution is 5.91. The van der Waals surface area contributed by atoms with Crippen LogP contribution in [-0.2, 0) is 5.41 Å². The third-order valence-electron chi connectivity index (χ3n) is 10.3. The van der Waals surface area contributed by atoms with Crippen molar-refractivity contribution in [2.75, 3.05) is 0 Å². The number of nitriles is 1. The van der Waals surface area contributed by atoms with Crippen LogP contribution in [0.1, 0.15) is 27.8 Å². The summed E-state index contributed by atoms with van der Waals surface area (Å²) in [5.41, 5.74) is 13.1. The molecule has 0 radical (unpaired) electrons. The van der Waals surface area contributed by atoms with Crippen molar-refractivity contribution in [2.24, 2.45) is 0 Å². The van der Waals surface area contributed by atoms with Crippen molar-refractivity contribution in [2.45, 2.75) is 5.41 Å². The van der Waals surface area contributed by atoms with E-state index < -0.39 is 5.41 Å². The lowest BCUT2D eigenvalue weighted by molar-refractivity contribution is 0.436. The summed E-state index contributed by atoms with van der Waals surface area (Å²) in [7, 11) is 0. The van der Waals surface area contributed by atoms with E-state index in [4.69, 9.17) is 19.9 Å². The first kappa shape index (κ1) is 29.7. The van der Waals surface area contributed by atoms with E-state index in [9.17, 15) is 5.26 Å². The SMILES string of the molecule is N#Cc1cccc(-c2cccc(-c3nnc(-c4ccccc4)c(-c4ccc5c(c4)C4(c6ccccc6Oc6ccccc64)c4ccccc4-5)n3)c2)c1. The molecule has 1 aromatic heterocycles. The molecule has 0 bridgehead atoms. The van der Waals surface area contributed by atoms with Gasteiger partial charge in [0.15, 0.2) is 5.82 Å². The molecule has 1 aliphatic heterocycles. The standard InChI is InChI=1S/C47H28N4O/c48-29-30-12-10-15-32(26-30)33-16-11-17-35(27-33)46-49-44(45(50-51-46)31-13-2-1-3-14-31)34-24-25-37-36-18-4-5-19-38(36)47(41(37)28-34)39-20-6-8-22-42(39)52-43-23-9-7-21-40(43)47/h1-28H. The molecule has 7 aromatic carbocycles. The van der Waals surface area contributed by atoms with Gasteiger partial charge in [-0.3, -0.25) is 0 Å². The molecule has 2 aliphatic rings. The first-order valence-corrected chi connectivity index (χ1v) is 17.2. The van der Waals surface area contributed by atoms with Crippen LogP contribution in [0, 0.1) is 11.3 Å². The third kappa shape index (κ3) is 4.45. The molecule has 242 valence electrons. The Morgan fingerprint density at radius 3 is 1.83 bits per heavy atom. The zero-order chi connectivity index (χ0) is 34.6. The van der Waals surface area contributed by atoms with Crippen LogP contribution in [0.5, 0.6) is 11.5 Å². The third-order valence-corrected chi connectivity index (χ3v) is 10.3. The summed E-state index contributed by atoms with van der Waals surface area (Å²) in [6.45, 7) is 0. The van der Waals surface area contributed by atoms with Crippen molar-refractivity contribution in [3.8, 4) is 73.7 Å². The molecular weight excluding hydrogens is 637 g/mol. The van der Waals surface area contributed by atoms with Crippen LogP contribution in [-0.4, -0.2) is 15.2 Å². The maximum absolute atomic E-state index is 9.50. The minimum atomic E-state index is -0.601. The predicted molar refractivity (Wildman–Crippen MR) is 204 cm³/mol. The lowest BCUT2D eigenvalue weighted by Gasteiger charge is -2.39. The van der Waals surface area contributed by atoms with Gasteiger partial charge in [-0.15, -0.1) is 10.2 Å². The summed E-state index contributed by atoms with van der Waals surface area (Å²) in [6, 6.07) is 60.3. The van der Waals surface area contributed by atoms with E-state index in [0.29, 0.717) is 17.1 Å². The maximum atomic E-state index is 9.50. The van der Waals surface area contributed by atoms with Crippen molar-refractivity contribution in [1.29, 1.82) is 5.26 Å². The maximum Gasteiger partial charge on any atom is 0.182 e. The number of hydrogen-bond donors (Lipinski definition) is 0. The Balaban J connectivity index is 1.21. The fourth-order valence-electron chi connectivity index (χ4n) is 8.05. The molecule has 1 spiro atoms. The molecule has 52 heavy (non-hydrogen) atoms.